The minimum Gasteiger partial charge on any atom is -0.497 e. The summed E-state index contributed by atoms with van der Waals surface area (Å²) in [4.78, 5) is 39.1. The van der Waals surface area contributed by atoms with Crippen LogP contribution < -0.4 is 15.4 Å². The summed E-state index contributed by atoms with van der Waals surface area (Å²) in [7, 11) is -2.47. The highest BCUT2D eigenvalue weighted by Gasteiger charge is 2.22. The Hall–Kier alpha value is -4.76. The third kappa shape index (κ3) is 6.58. The lowest BCUT2D eigenvalue weighted by molar-refractivity contribution is -0.113. The first-order chi connectivity index (χ1) is 18.7. The van der Waals surface area contributed by atoms with Gasteiger partial charge >= 0.3 is 0 Å². The average Bonchev–Trinajstić information content (AvgIpc) is 2.94. The first-order valence-electron chi connectivity index (χ1n) is 12.0. The Morgan fingerprint density at radius 2 is 1.38 bits per heavy atom. The molecule has 0 atom stereocenters. The number of carbonyl (C=O) groups is 3. The van der Waals surface area contributed by atoms with Crippen molar-refractivity contribution in [2.45, 2.75) is 11.8 Å². The number of methoxy groups -OCH3 is 1. The summed E-state index contributed by atoms with van der Waals surface area (Å²) in [6.07, 6.45) is 0. The van der Waals surface area contributed by atoms with Gasteiger partial charge < -0.3 is 15.4 Å². The van der Waals surface area contributed by atoms with Crippen molar-refractivity contribution < 1.29 is 27.5 Å². The molecule has 4 aromatic rings. The zero-order chi connectivity index (χ0) is 28.0. The van der Waals surface area contributed by atoms with Gasteiger partial charge in [-0.3, -0.25) is 14.4 Å². The number of para-hydroxylation sites is 1. The number of nitrogens with one attached hydrogen (secondary N) is 2. The second-order valence-electron chi connectivity index (χ2n) is 8.73. The molecule has 0 bridgehead atoms. The lowest BCUT2D eigenvalue weighted by atomic mass is 9.99. The second-order valence-corrected chi connectivity index (χ2v) is 10.7. The fourth-order valence-electron chi connectivity index (χ4n) is 3.91. The van der Waals surface area contributed by atoms with Gasteiger partial charge in [0.1, 0.15) is 11.5 Å². The monoisotopic (exact) mass is 542 g/mol. The van der Waals surface area contributed by atoms with Gasteiger partial charge in [0.05, 0.1) is 28.9 Å². The molecule has 0 aromatic heterocycles. The van der Waals surface area contributed by atoms with Crippen molar-refractivity contribution in [1.82, 2.24) is 0 Å². The Morgan fingerprint density at radius 1 is 0.744 bits per heavy atom. The van der Waals surface area contributed by atoms with E-state index in [0.29, 0.717) is 22.6 Å². The predicted octanol–water partition coefficient (Wildman–Crippen LogP) is 4.90. The van der Waals surface area contributed by atoms with Crippen LogP contribution in [0.1, 0.15) is 31.8 Å². The lowest BCUT2D eigenvalue weighted by Gasteiger charge is -2.14. The molecule has 4 aromatic carbocycles. The summed E-state index contributed by atoms with van der Waals surface area (Å²) in [5.74, 6) is -1.96. The minimum absolute atomic E-state index is 0.0283. The van der Waals surface area contributed by atoms with E-state index in [9.17, 15) is 22.8 Å². The number of benzene rings is 4. The summed E-state index contributed by atoms with van der Waals surface area (Å²) in [5, 5.41) is 5.29. The maximum absolute atomic E-state index is 13.3. The topological polar surface area (TPSA) is 119 Å². The number of hydrogen-bond acceptors (Lipinski definition) is 6. The zero-order valence-electron chi connectivity index (χ0n) is 21.3. The molecule has 198 valence electrons. The summed E-state index contributed by atoms with van der Waals surface area (Å²) < 4.78 is 30.5. The van der Waals surface area contributed by atoms with Gasteiger partial charge in [-0.15, -0.1) is 0 Å². The number of carbonyl (C=O) groups excluding carboxylic acids is 3. The predicted molar refractivity (Wildman–Crippen MR) is 149 cm³/mol. The molecule has 8 nitrogen and oxygen atoms in total. The first-order valence-corrected chi connectivity index (χ1v) is 13.6. The van der Waals surface area contributed by atoms with Crippen LogP contribution in [0.25, 0.3) is 0 Å². The number of ketones is 1. The van der Waals surface area contributed by atoms with E-state index in [2.05, 4.69) is 10.6 Å². The van der Waals surface area contributed by atoms with Crippen molar-refractivity contribution >= 4 is 38.8 Å². The standard InChI is InChI=1S/C30H26N2O6S/c1-20-12-17-27(25(18-20)29(34)21-8-4-3-5-9-21)32-30(35)24-10-6-7-11-26(24)31-28(33)19-39(36,37)23-15-13-22(38-2)14-16-23/h3-18H,19H2,1-2H3,(H,31,33)(H,32,35). The van der Waals surface area contributed by atoms with E-state index < -0.39 is 27.4 Å². The molecule has 0 aliphatic rings. The number of anilines is 2. The number of hydrogen-bond donors (Lipinski definition) is 2. The van der Waals surface area contributed by atoms with E-state index in [1.165, 1.54) is 43.5 Å². The molecular formula is C30H26N2O6S. The van der Waals surface area contributed by atoms with Gasteiger partial charge in [0.2, 0.25) is 5.91 Å². The van der Waals surface area contributed by atoms with Crippen LogP contribution in [0.15, 0.2) is 102 Å². The van der Waals surface area contributed by atoms with Gasteiger partial charge in [0, 0.05) is 11.1 Å². The van der Waals surface area contributed by atoms with Gasteiger partial charge in [0.25, 0.3) is 5.91 Å². The van der Waals surface area contributed by atoms with Crippen molar-refractivity contribution in [3.05, 3.63) is 119 Å². The highest BCUT2D eigenvalue weighted by Crippen LogP contribution is 2.24. The summed E-state index contributed by atoms with van der Waals surface area (Å²) >= 11 is 0. The summed E-state index contributed by atoms with van der Waals surface area (Å²) in [5.41, 5.74) is 2.19. The Kier molecular flexibility index (Phi) is 8.21. The van der Waals surface area contributed by atoms with Crippen molar-refractivity contribution in [3.8, 4) is 5.75 Å². The largest absolute Gasteiger partial charge is 0.497 e. The molecule has 4 rings (SSSR count). The van der Waals surface area contributed by atoms with Crippen LogP contribution in [-0.4, -0.2) is 38.9 Å². The van der Waals surface area contributed by atoms with E-state index in [0.717, 1.165) is 5.56 Å². The van der Waals surface area contributed by atoms with Gasteiger partial charge in [0.15, 0.2) is 15.6 Å². The van der Waals surface area contributed by atoms with Crippen LogP contribution >= 0.6 is 0 Å². The van der Waals surface area contributed by atoms with Crippen LogP contribution in [0.2, 0.25) is 0 Å². The number of aryl methyl sites for hydroxylation is 1. The fourth-order valence-corrected chi connectivity index (χ4v) is 5.04. The Labute approximate surface area is 226 Å². The molecule has 0 unspecified atom stereocenters. The normalized spacial score (nSPS) is 10.9. The van der Waals surface area contributed by atoms with Gasteiger partial charge in [-0.1, -0.05) is 54.1 Å². The van der Waals surface area contributed by atoms with E-state index in [1.54, 1.807) is 54.6 Å². The molecule has 39 heavy (non-hydrogen) atoms. The van der Waals surface area contributed by atoms with Gasteiger partial charge in [-0.05, 0) is 55.5 Å². The Balaban J connectivity index is 1.53. The van der Waals surface area contributed by atoms with Crippen LogP contribution in [-0.2, 0) is 14.6 Å². The van der Waals surface area contributed by atoms with Crippen LogP contribution in [0, 0.1) is 6.92 Å². The van der Waals surface area contributed by atoms with Crippen molar-refractivity contribution in [1.29, 1.82) is 0 Å². The average molecular weight is 543 g/mol. The third-order valence-electron chi connectivity index (χ3n) is 5.89. The minimum atomic E-state index is -3.94. The van der Waals surface area contributed by atoms with E-state index >= 15 is 0 Å². The molecule has 0 spiro atoms. The van der Waals surface area contributed by atoms with E-state index in [4.69, 9.17) is 4.74 Å². The molecule has 0 radical (unpaired) electrons. The number of rotatable bonds is 9. The zero-order valence-corrected chi connectivity index (χ0v) is 22.1. The maximum atomic E-state index is 13.3. The molecule has 0 aliphatic carbocycles. The molecule has 2 N–H and O–H groups in total. The van der Waals surface area contributed by atoms with E-state index in [-0.39, 0.29) is 21.9 Å². The van der Waals surface area contributed by atoms with Gasteiger partial charge in [-0.25, -0.2) is 8.42 Å². The SMILES string of the molecule is COc1ccc(S(=O)(=O)CC(=O)Nc2ccccc2C(=O)Nc2ccc(C)cc2C(=O)c2ccccc2)cc1. The number of sulfone groups is 1. The Bertz CT molecular complexity index is 1630. The number of ether oxygens (including phenoxy) is 1. The summed E-state index contributed by atoms with van der Waals surface area (Å²) in [6.45, 7) is 1.85. The van der Waals surface area contributed by atoms with Crippen molar-refractivity contribution in [2.75, 3.05) is 23.5 Å². The molecule has 9 heteroatoms. The highest BCUT2D eigenvalue weighted by molar-refractivity contribution is 7.92. The van der Waals surface area contributed by atoms with Crippen LogP contribution in [0.3, 0.4) is 0 Å². The smallest absolute Gasteiger partial charge is 0.257 e. The molecular weight excluding hydrogens is 516 g/mol. The Morgan fingerprint density at radius 3 is 2.08 bits per heavy atom. The third-order valence-corrected chi connectivity index (χ3v) is 7.52. The van der Waals surface area contributed by atoms with E-state index in [1.807, 2.05) is 13.0 Å². The van der Waals surface area contributed by atoms with Crippen molar-refractivity contribution in [3.63, 3.8) is 0 Å². The molecule has 0 heterocycles. The quantitative estimate of drug-likeness (QED) is 0.291. The fraction of sp³-hybridized carbons (Fsp3) is 0.100. The molecule has 0 saturated heterocycles. The van der Waals surface area contributed by atoms with Crippen LogP contribution in [0.5, 0.6) is 5.75 Å². The highest BCUT2D eigenvalue weighted by atomic mass is 32.2. The molecule has 0 aliphatic heterocycles. The first kappa shape index (κ1) is 27.3. The van der Waals surface area contributed by atoms with Crippen molar-refractivity contribution in [2.24, 2.45) is 0 Å². The molecule has 0 fully saturated rings. The van der Waals surface area contributed by atoms with Crippen LogP contribution in [0.4, 0.5) is 11.4 Å². The second kappa shape index (κ2) is 11.7. The number of amides is 2. The summed E-state index contributed by atoms with van der Waals surface area (Å²) in [6, 6.07) is 25.8. The molecule has 0 saturated carbocycles. The lowest BCUT2D eigenvalue weighted by Crippen LogP contribution is -2.25. The molecule has 2 amide bonds. The van der Waals surface area contributed by atoms with Gasteiger partial charge in [-0.2, -0.15) is 0 Å². The maximum Gasteiger partial charge on any atom is 0.257 e.